The van der Waals surface area contributed by atoms with Gasteiger partial charge in [-0.2, -0.15) is 0 Å². The fraction of sp³-hybridized carbons (Fsp3) is 0.870. The molecule has 2 nitrogen and oxygen atoms in total. The predicted octanol–water partition coefficient (Wildman–Crippen LogP) is 5.26. The second-order valence-corrected chi connectivity index (χ2v) is 11.4. The molecule has 6 fully saturated rings. The molecule has 0 saturated heterocycles. The van der Waals surface area contributed by atoms with Crippen molar-refractivity contribution in [2.24, 2.45) is 46.3 Å². The van der Waals surface area contributed by atoms with Crippen LogP contribution in [0.25, 0.3) is 0 Å². The second kappa shape index (κ2) is 4.93. The lowest BCUT2D eigenvalue weighted by Crippen LogP contribution is -2.60. The highest BCUT2D eigenvalue weighted by Crippen LogP contribution is 2.64. The highest BCUT2D eigenvalue weighted by molar-refractivity contribution is 5.07. The van der Waals surface area contributed by atoms with E-state index in [0.29, 0.717) is 10.8 Å². The molecule has 6 saturated carbocycles. The maximum Gasteiger partial charge on any atom is 0.244 e. The number of hydrogen-bond acceptors (Lipinski definition) is 0. The van der Waals surface area contributed by atoms with Gasteiger partial charge in [-0.1, -0.05) is 41.5 Å². The summed E-state index contributed by atoms with van der Waals surface area (Å²) in [5, 5.41) is 0. The quantitative estimate of drug-likeness (QED) is 0.649. The van der Waals surface area contributed by atoms with Crippen molar-refractivity contribution in [2.45, 2.75) is 79.3 Å². The molecule has 0 spiro atoms. The van der Waals surface area contributed by atoms with Crippen LogP contribution in [0.3, 0.4) is 0 Å². The summed E-state index contributed by atoms with van der Waals surface area (Å²) in [5.74, 6) is 5.37. The van der Waals surface area contributed by atoms with Gasteiger partial charge in [0.15, 0.2) is 0 Å². The van der Waals surface area contributed by atoms with Crippen LogP contribution in [0.1, 0.15) is 79.3 Å². The van der Waals surface area contributed by atoms with Crippen molar-refractivity contribution >= 4 is 0 Å². The summed E-state index contributed by atoms with van der Waals surface area (Å²) in [5.41, 5.74) is 1.17. The van der Waals surface area contributed by atoms with E-state index in [-0.39, 0.29) is 0 Å². The molecular formula is C23H37N2+. The van der Waals surface area contributed by atoms with Crippen molar-refractivity contribution in [2.75, 3.05) is 0 Å². The Morgan fingerprint density at radius 2 is 1.44 bits per heavy atom. The minimum Gasteiger partial charge on any atom is -0.234 e. The molecule has 0 aliphatic heterocycles. The molecule has 138 valence electrons. The van der Waals surface area contributed by atoms with Gasteiger partial charge in [-0.15, -0.1) is 0 Å². The van der Waals surface area contributed by atoms with E-state index >= 15 is 0 Å². The third-order valence-electron chi connectivity index (χ3n) is 10.1. The number of hydrogen-bond donors (Lipinski definition) is 0. The molecule has 1 aromatic rings. The molecule has 7 rings (SSSR count). The van der Waals surface area contributed by atoms with Gasteiger partial charge in [0.05, 0.1) is 0 Å². The third-order valence-corrected chi connectivity index (χ3v) is 10.1. The van der Waals surface area contributed by atoms with Gasteiger partial charge >= 0.3 is 0 Å². The summed E-state index contributed by atoms with van der Waals surface area (Å²) in [6.45, 7) is 15.0. The Morgan fingerprint density at radius 1 is 0.840 bits per heavy atom. The van der Waals surface area contributed by atoms with Crippen LogP contribution >= 0.6 is 0 Å². The molecule has 1 heterocycles. The molecule has 2 heteroatoms. The minimum absolute atomic E-state index is 0.587. The Morgan fingerprint density at radius 3 is 2.00 bits per heavy atom. The molecule has 25 heavy (non-hydrogen) atoms. The molecule has 0 amide bonds. The number of imidazole rings is 1. The van der Waals surface area contributed by atoms with Crippen molar-refractivity contribution < 1.29 is 4.57 Å². The lowest BCUT2D eigenvalue weighted by Gasteiger charge is -2.61. The summed E-state index contributed by atoms with van der Waals surface area (Å²) in [7, 11) is 0. The molecule has 1 unspecified atom stereocenters. The first-order valence-electron chi connectivity index (χ1n) is 10.8. The van der Waals surface area contributed by atoms with Crippen LogP contribution in [0.15, 0.2) is 18.7 Å². The minimum atomic E-state index is 0.587. The SMILES string of the molecule is C[C@@H]1[C@@H](n2cc[n+](C3C[C@@H]4C[C@H]([C@H]3C)C4(C)C)c2)C[C@H]2C[C@@H]1C2(C)C. The lowest BCUT2D eigenvalue weighted by atomic mass is 9.44. The standard InChI is InChI=1S/C23H37N2/c1-14-18-9-16(22(18,3)4)11-20(14)24-7-8-25(13-24)21-12-17-10-19(15(21)2)23(17,5)6/h7-8,13-21H,9-12H2,1-6H3/q+1/t14-,15+,16+,17-,18-,19+,20-,21?/m0/s1. The van der Waals surface area contributed by atoms with Gasteiger partial charge < -0.3 is 0 Å². The normalized spacial score (nSPS) is 49.2. The van der Waals surface area contributed by atoms with E-state index in [1.165, 1.54) is 25.7 Å². The smallest absolute Gasteiger partial charge is 0.234 e. The Balaban J connectivity index is 1.35. The maximum absolute atomic E-state index is 2.58. The van der Waals surface area contributed by atoms with Crippen molar-refractivity contribution in [3.8, 4) is 0 Å². The Labute approximate surface area is 154 Å². The highest BCUT2D eigenvalue weighted by atomic mass is 15.2. The van der Waals surface area contributed by atoms with E-state index in [9.17, 15) is 0 Å². The van der Waals surface area contributed by atoms with Crippen molar-refractivity contribution in [1.29, 1.82) is 0 Å². The van der Waals surface area contributed by atoms with Gasteiger partial charge in [0.1, 0.15) is 24.5 Å². The number of nitrogens with zero attached hydrogens (tertiary/aromatic N) is 2. The van der Waals surface area contributed by atoms with Crippen LogP contribution in [-0.2, 0) is 0 Å². The van der Waals surface area contributed by atoms with Crippen LogP contribution in [0, 0.1) is 46.3 Å². The zero-order valence-corrected chi connectivity index (χ0v) is 17.1. The van der Waals surface area contributed by atoms with Crippen LogP contribution in [0.2, 0.25) is 0 Å². The average Bonchev–Trinajstić information content (AvgIpc) is 3.03. The third kappa shape index (κ3) is 2.00. The van der Waals surface area contributed by atoms with E-state index in [0.717, 1.165) is 47.6 Å². The molecule has 4 bridgehead atoms. The van der Waals surface area contributed by atoms with Gasteiger partial charge in [-0.3, -0.25) is 0 Å². The lowest BCUT2D eigenvalue weighted by molar-refractivity contribution is -0.738. The topological polar surface area (TPSA) is 8.81 Å². The van der Waals surface area contributed by atoms with Crippen molar-refractivity contribution in [3.05, 3.63) is 18.7 Å². The Kier molecular flexibility index (Phi) is 3.23. The van der Waals surface area contributed by atoms with E-state index in [4.69, 9.17) is 0 Å². The van der Waals surface area contributed by atoms with Gasteiger partial charge in [0.2, 0.25) is 6.33 Å². The summed E-state index contributed by atoms with van der Waals surface area (Å²) in [6.07, 6.45) is 13.0. The number of aromatic nitrogens is 2. The van der Waals surface area contributed by atoms with Crippen LogP contribution < -0.4 is 4.57 Å². The molecule has 6 aliphatic rings. The molecule has 6 aliphatic carbocycles. The summed E-state index contributed by atoms with van der Waals surface area (Å²) < 4.78 is 5.16. The van der Waals surface area contributed by atoms with Crippen molar-refractivity contribution in [1.82, 2.24) is 4.57 Å². The first kappa shape index (κ1) is 16.4. The molecule has 1 aromatic heterocycles. The number of fused-ring (bicyclic) bond motifs is 4. The van der Waals surface area contributed by atoms with Gasteiger partial charge in [-0.25, -0.2) is 9.13 Å². The highest BCUT2D eigenvalue weighted by Gasteiger charge is 2.59. The monoisotopic (exact) mass is 341 g/mol. The molecular weight excluding hydrogens is 304 g/mol. The average molecular weight is 342 g/mol. The first-order chi connectivity index (χ1) is 11.7. The van der Waals surface area contributed by atoms with Gasteiger partial charge in [0, 0.05) is 11.8 Å². The summed E-state index contributed by atoms with van der Waals surface area (Å²) in [4.78, 5) is 0. The molecule has 0 radical (unpaired) electrons. The molecule has 8 atom stereocenters. The second-order valence-electron chi connectivity index (χ2n) is 11.4. The van der Waals surface area contributed by atoms with E-state index < -0.39 is 0 Å². The Bertz CT molecular complexity index is 628. The molecule has 0 aromatic carbocycles. The van der Waals surface area contributed by atoms with E-state index in [2.05, 4.69) is 69.4 Å². The predicted molar refractivity (Wildman–Crippen MR) is 101 cm³/mol. The van der Waals surface area contributed by atoms with E-state index in [1.807, 2.05) is 0 Å². The van der Waals surface area contributed by atoms with Crippen LogP contribution in [-0.4, -0.2) is 4.57 Å². The maximum atomic E-state index is 2.58. The Hall–Kier alpha value is -0.790. The van der Waals surface area contributed by atoms with Crippen molar-refractivity contribution in [3.63, 3.8) is 0 Å². The van der Waals surface area contributed by atoms with Gasteiger partial charge in [-0.05, 0) is 60.2 Å². The summed E-state index contributed by atoms with van der Waals surface area (Å²) in [6, 6.07) is 1.45. The fourth-order valence-electron chi connectivity index (χ4n) is 7.81. The van der Waals surface area contributed by atoms with Gasteiger partial charge in [0.25, 0.3) is 0 Å². The fourth-order valence-corrected chi connectivity index (χ4v) is 7.81. The van der Waals surface area contributed by atoms with Crippen LogP contribution in [0.5, 0.6) is 0 Å². The van der Waals surface area contributed by atoms with Crippen LogP contribution in [0.4, 0.5) is 0 Å². The number of rotatable bonds is 2. The zero-order valence-electron chi connectivity index (χ0n) is 17.1. The van der Waals surface area contributed by atoms with E-state index in [1.54, 1.807) is 0 Å². The summed E-state index contributed by atoms with van der Waals surface area (Å²) >= 11 is 0. The zero-order chi connectivity index (χ0) is 17.7. The first-order valence-corrected chi connectivity index (χ1v) is 10.8. The largest absolute Gasteiger partial charge is 0.244 e. The molecule has 0 N–H and O–H groups in total.